The van der Waals surface area contributed by atoms with Gasteiger partial charge in [0, 0.05) is 11.8 Å². The standard InChI is InChI=1S/C21H16O/c22-21-16-8-9-18(21)20(12-16)17-7-3-6-15-10-13-4-1-2-5-14(13)11-19(15)17/h1-11,16,18,20H,12H2. The van der Waals surface area contributed by atoms with Gasteiger partial charge in [0.15, 0.2) is 0 Å². The molecule has 0 aromatic heterocycles. The zero-order valence-corrected chi connectivity index (χ0v) is 12.2. The van der Waals surface area contributed by atoms with Crippen LogP contribution in [-0.4, -0.2) is 5.78 Å². The van der Waals surface area contributed by atoms with Gasteiger partial charge in [-0.3, -0.25) is 4.79 Å². The van der Waals surface area contributed by atoms with Crippen molar-refractivity contribution in [2.75, 3.05) is 0 Å². The van der Waals surface area contributed by atoms with Gasteiger partial charge in [0.1, 0.15) is 5.78 Å². The second-order valence-corrected chi connectivity index (χ2v) is 6.53. The van der Waals surface area contributed by atoms with Crippen LogP contribution >= 0.6 is 0 Å². The molecule has 2 aliphatic carbocycles. The quantitative estimate of drug-likeness (QED) is 0.461. The number of hydrogen-bond acceptors (Lipinski definition) is 1. The third-order valence-electron chi connectivity index (χ3n) is 5.37. The fourth-order valence-electron chi connectivity index (χ4n) is 4.27. The van der Waals surface area contributed by atoms with Gasteiger partial charge in [0.2, 0.25) is 0 Å². The molecule has 106 valence electrons. The molecule has 3 atom stereocenters. The van der Waals surface area contributed by atoms with Crippen molar-refractivity contribution >= 4 is 27.3 Å². The highest BCUT2D eigenvalue weighted by Gasteiger charge is 2.44. The van der Waals surface area contributed by atoms with Gasteiger partial charge in [-0.05, 0) is 51.6 Å². The van der Waals surface area contributed by atoms with Crippen molar-refractivity contribution in [3.63, 3.8) is 0 Å². The Morgan fingerprint density at radius 2 is 1.59 bits per heavy atom. The lowest BCUT2D eigenvalue weighted by molar-refractivity contribution is -0.120. The molecule has 1 fully saturated rings. The maximum atomic E-state index is 12.2. The highest BCUT2D eigenvalue weighted by atomic mass is 16.1. The third kappa shape index (κ3) is 1.57. The molecule has 3 unspecified atom stereocenters. The summed E-state index contributed by atoms with van der Waals surface area (Å²) >= 11 is 0. The smallest absolute Gasteiger partial charge is 0.147 e. The van der Waals surface area contributed by atoms with Gasteiger partial charge >= 0.3 is 0 Å². The van der Waals surface area contributed by atoms with E-state index < -0.39 is 0 Å². The first-order valence-corrected chi connectivity index (χ1v) is 7.95. The van der Waals surface area contributed by atoms with Crippen molar-refractivity contribution in [2.45, 2.75) is 12.3 Å². The lowest BCUT2D eigenvalue weighted by atomic mass is 9.83. The van der Waals surface area contributed by atoms with Gasteiger partial charge in [-0.1, -0.05) is 54.6 Å². The maximum absolute atomic E-state index is 12.2. The van der Waals surface area contributed by atoms with Crippen LogP contribution in [0.5, 0.6) is 0 Å². The van der Waals surface area contributed by atoms with Crippen LogP contribution in [0.3, 0.4) is 0 Å². The molecular formula is C21H16O. The normalized spacial score (nSPS) is 26.4. The summed E-state index contributed by atoms with van der Waals surface area (Å²) in [6, 6.07) is 19.6. The summed E-state index contributed by atoms with van der Waals surface area (Å²) in [7, 11) is 0. The summed E-state index contributed by atoms with van der Waals surface area (Å²) in [5.74, 6) is 1.03. The lowest BCUT2D eigenvalue weighted by Gasteiger charge is -2.19. The van der Waals surface area contributed by atoms with E-state index in [0.29, 0.717) is 11.7 Å². The molecule has 2 bridgehead atoms. The number of benzene rings is 3. The molecule has 3 aromatic carbocycles. The number of carbonyl (C=O) groups is 1. The number of fused-ring (bicyclic) bond motifs is 4. The van der Waals surface area contributed by atoms with E-state index in [4.69, 9.17) is 0 Å². The monoisotopic (exact) mass is 284 g/mol. The van der Waals surface area contributed by atoms with Crippen molar-refractivity contribution in [1.29, 1.82) is 0 Å². The second kappa shape index (κ2) is 4.30. The molecule has 0 amide bonds. The molecule has 0 saturated heterocycles. The minimum atomic E-state index is 0.0991. The summed E-state index contributed by atoms with van der Waals surface area (Å²) in [6.45, 7) is 0. The molecule has 0 heterocycles. The predicted octanol–water partition coefficient (Wildman–Crippen LogP) is 4.85. The molecule has 0 radical (unpaired) electrons. The fourth-order valence-corrected chi connectivity index (χ4v) is 4.27. The Hall–Kier alpha value is -2.41. The SMILES string of the molecule is O=C1C2C=CC1C(c1cccc3cc4ccccc4cc13)C2. The molecule has 3 aromatic rings. The van der Waals surface area contributed by atoms with Gasteiger partial charge in [-0.25, -0.2) is 0 Å². The van der Waals surface area contributed by atoms with E-state index >= 15 is 0 Å². The number of Topliss-reactive ketones (excluding diaryl/α,β-unsaturated/α-hetero) is 1. The summed E-state index contributed by atoms with van der Waals surface area (Å²) in [5.41, 5.74) is 1.34. The van der Waals surface area contributed by atoms with Crippen molar-refractivity contribution in [3.8, 4) is 0 Å². The fraction of sp³-hybridized carbons (Fsp3) is 0.190. The Kier molecular flexibility index (Phi) is 2.38. The highest BCUT2D eigenvalue weighted by Crippen LogP contribution is 2.48. The number of ketones is 1. The Morgan fingerprint density at radius 3 is 2.32 bits per heavy atom. The maximum Gasteiger partial charge on any atom is 0.147 e. The van der Waals surface area contributed by atoms with Gasteiger partial charge < -0.3 is 0 Å². The predicted molar refractivity (Wildman–Crippen MR) is 89.9 cm³/mol. The molecule has 1 saturated carbocycles. The number of rotatable bonds is 1. The van der Waals surface area contributed by atoms with Crippen molar-refractivity contribution < 1.29 is 4.79 Å². The van der Waals surface area contributed by atoms with Crippen LogP contribution in [0.4, 0.5) is 0 Å². The molecule has 0 N–H and O–H groups in total. The molecule has 1 heteroatoms. The first kappa shape index (κ1) is 12.2. The van der Waals surface area contributed by atoms with E-state index in [-0.39, 0.29) is 11.8 Å². The molecule has 0 spiro atoms. The van der Waals surface area contributed by atoms with E-state index in [9.17, 15) is 4.79 Å². The van der Waals surface area contributed by atoms with Crippen LogP contribution in [0, 0.1) is 11.8 Å². The van der Waals surface area contributed by atoms with E-state index in [1.807, 2.05) is 0 Å². The summed E-state index contributed by atoms with van der Waals surface area (Å²) in [4.78, 5) is 12.2. The minimum Gasteiger partial charge on any atom is -0.298 e. The van der Waals surface area contributed by atoms with E-state index in [2.05, 4.69) is 66.7 Å². The number of carbonyl (C=O) groups excluding carboxylic acids is 1. The van der Waals surface area contributed by atoms with Crippen LogP contribution in [-0.2, 0) is 4.79 Å². The molecule has 1 nitrogen and oxygen atoms in total. The van der Waals surface area contributed by atoms with E-state index in [0.717, 1.165) is 6.42 Å². The molecule has 2 aliphatic rings. The Morgan fingerprint density at radius 1 is 0.818 bits per heavy atom. The third-order valence-corrected chi connectivity index (χ3v) is 5.37. The largest absolute Gasteiger partial charge is 0.298 e. The zero-order chi connectivity index (χ0) is 14.7. The highest BCUT2D eigenvalue weighted by molar-refractivity contribution is 6.01. The zero-order valence-electron chi connectivity index (χ0n) is 12.2. The van der Waals surface area contributed by atoms with E-state index in [1.54, 1.807) is 0 Å². The Bertz CT molecular complexity index is 950. The number of hydrogen-bond donors (Lipinski definition) is 0. The first-order chi connectivity index (χ1) is 10.8. The number of allylic oxidation sites excluding steroid dienone is 2. The molecule has 0 aliphatic heterocycles. The first-order valence-electron chi connectivity index (χ1n) is 7.95. The molecule has 5 rings (SSSR count). The van der Waals surface area contributed by atoms with Crippen LogP contribution in [0.25, 0.3) is 21.5 Å². The Balaban J connectivity index is 1.76. The second-order valence-electron chi connectivity index (χ2n) is 6.53. The summed E-state index contributed by atoms with van der Waals surface area (Å²) in [6.07, 6.45) is 5.21. The molecular weight excluding hydrogens is 268 g/mol. The van der Waals surface area contributed by atoms with Crippen LogP contribution in [0.2, 0.25) is 0 Å². The summed E-state index contributed by atoms with van der Waals surface area (Å²) < 4.78 is 0. The van der Waals surface area contributed by atoms with Crippen molar-refractivity contribution in [1.82, 2.24) is 0 Å². The van der Waals surface area contributed by atoms with Gasteiger partial charge in [-0.2, -0.15) is 0 Å². The lowest BCUT2D eigenvalue weighted by Crippen LogP contribution is -2.09. The van der Waals surface area contributed by atoms with Crippen LogP contribution < -0.4 is 0 Å². The summed E-state index contributed by atoms with van der Waals surface area (Å²) in [5, 5.41) is 5.12. The topological polar surface area (TPSA) is 17.1 Å². The van der Waals surface area contributed by atoms with Crippen molar-refractivity contribution in [2.24, 2.45) is 11.8 Å². The van der Waals surface area contributed by atoms with Gasteiger partial charge in [-0.15, -0.1) is 0 Å². The van der Waals surface area contributed by atoms with Crippen LogP contribution in [0.15, 0.2) is 66.7 Å². The average molecular weight is 284 g/mol. The molecule has 22 heavy (non-hydrogen) atoms. The Labute approximate surface area is 129 Å². The van der Waals surface area contributed by atoms with Crippen LogP contribution in [0.1, 0.15) is 17.9 Å². The van der Waals surface area contributed by atoms with Gasteiger partial charge in [0.05, 0.1) is 0 Å². The average Bonchev–Trinajstić information content (AvgIpc) is 3.07. The van der Waals surface area contributed by atoms with Crippen molar-refractivity contribution in [3.05, 3.63) is 72.3 Å². The van der Waals surface area contributed by atoms with E-state index in [1.165, 1.54) is 27.1 Å². The minimum absolute atomic E-state index is 0.0991. The van der Waals surface area contributed by atoms with Gasteiger partial charge in [0.25, 0.3) is 0 Å².